The Morgan fingerprint density at radius 2 is 1.77 bits per heavy atom. The minimum Gasteiger partial charge on any atom is -0.496 e. The standard InChI is InChI=1S/C23H19Cl2NO4/c1-30-21-5-3-2-4-16(21)10-11-20-18(24)14-19(25)22(27)26(20)13-12-15-6-8-17(9-7-15)23(28)29/h2-11,14H,12-13H2,1H3,(H,28,29)/b11-10+. The molecule has 2 aromatic carbocycles. The first-order chi connectivity index (χ1) is 14.4. The average molecular weight is 444 g/mol. The van der Waals surface area contributed by atoms with Crippen molar-refractivity contribution in [3.63, 3.8) is 0 Å². The molecule has 0 unspecified atom stereocenters. The van der Waals surface area contributed by atoms with E-state index >= 15 is 0 Å². The van der Waals surface area contributed by atoms with E-state index in [0.717, 1.165) is 11.1 Å². The number of carboxylic acids is 1. The van der Waals surface area contributed by atoms with Crippen LogP contribution in [-0.2, 0) is 13.0 Å². The van der Waals surface area contributed by atoms with Gasteiger partial charge in [-0.3, -0.25) is 4.79 Å². The van der Waals surface area contributed by atoms with Gasteiger partial charge in [-0.2, -0.15) is 0 Å². The van der Waals surface area contributed by atoms with Gasteiger partial charge in [0.15, 0.2) is 0 Å². The Labute approximate surface area is 183 Å². The van der Waals surface area contributed by atoms with Crippen LogP contribution >= 0.6 is 23.2 Å². The van der Waals surface area contributed by atoms with Crippen molar-refractivity contribution in [1.29, 1.82) is 0 Å². The van der Waals surface area contributed by atoms with E-state index in [9.17, 15) is 9.59 Å². The molecule has 0 saturated carbocycles. The Morgan fingerprint density at radius 3 is 2.43 bits per heavy atom. The lowest BCUT2D eigenvalue weighted by Gasteiger charge is -2.13. The van der Waals surface area contributed by atoms with Gasteiger partial charge in [0.25, 0.3) is 5.56 Å². The van der Waals surface area contributed by atoms with Crippen molar-refractivity contribution < 1.29 is 14.6 Å². The lowest BCUT2D eigenvalue weighted by molar-refractivity contribution is 0.0697. The molecule has 0 aliphatic carbocycles. The Kier molecular flexibility index (Phi) is 6.98. The molecule has 154 valence electrons. The van der Waals surface area contributed by atoms with Gasteiger partial charge >= 0.3 is 5.97 Å². The van der Waals surface area contributed by atoms with Gasteiger partial charge in [0.1, 0.15) is 10.8 Å². The van der Waals surface area contributed by atoms with Gasteiger partial charge in [0, 0.05) is 12.1 Å². The lowest BCUT2D eigenvalue weighted by atomic mass is 10.1. The smallest absolute Gasteiger partial charge is 0.335 e. The van der Waals surface area contributed by atoms with Gasteiger partial charge in [0.2, 0.25) is 0 Å². The van der Waals surface area contributed by atoms with Crippen molar-refractivity contribution in [3.8, 4) is 5.75 Å². The number of aryl methyl sites for hydroxylation is 1. The minimum absolute atomic E-state index is 0.0377. The summed E-state index contributed by atoms with van der Waals surface area (Å²) in [4.78, 5) is 23.7. The zero-order valence-electron chi connectivity index (χ0n) is 16.1. The fourth-order valence-electron chi connectivity index (χ4n) is 3.03. The number of carbonyl (C=O) groups is 1. The molecule has 3 rings (SSSR count). The summed E-state index contributed by atoms with van der Waals surface area (Å²) in [6, 6.07) is 15.5. The van der Waals surface area contributed by atoms with E-state index in [4.69, 9.17) is 33.0 Å². The number of aromatic nitrogens is 1. The molecule has 0 saturated heterocycles. The van der Waals surface area contributed by atoms with Crippen LogP contribution in [0.4, 0.5) is 0 Å². The number of rotatable bonds is 7. The zero-order chi connectivity index (χ0) is 21.7. The molecule has 30 heavy (non-hydrogen) atoms. The van der Waals surface area contributed by atoms with E-state index < -0.39 is 5.97 Å². The van der Waals surface area contributed by atoms with E-state index in [2.05, 4.69) is 0 Å². The number of benzene rings is 2. The van der Waals surface area contributed by atoms with Crippen LogP contribution in [0, 0.1) is 0 Å². The van der Waals surface area contributed by atoms with Crippen molar-refractivity contribution >= 4 is 41.3 Å². The maximum absolute atomic E-state index is 12.7. The molecule has 1 aromatic heterocycles. The van der Waals surface area contributed by atoms with Crippen LogP contribution in [0.25, 0.3) is 12.2 Å². The molecule has 5 nitrogen and oxygen atoms in total. The highest BCUT2D eigenvalue weighted by molar-refractivity contribution is 6.35. The monoisotopic (exact) mass is 443 g/mol. The number of methoxy groups -OCH3 is 1. The highest BCUT2D eigenvalue weighted by atomic mass is 35.5. The van der Waals surface area contributed by atoms with Crippen molar-refractivity contribution in [2.75, 3.05) is 7.11 Å². The van der Waals surface area contributed by atoms with E-state index in [1.807, 2.05) is 30.3 Å². The second-order valence-corrected chi connectivity index (χ2v) is 7.32. The van der Waals surface area contributed by atoms with Gasteiger partial charge in [-0.25, -0.2) is 4.79 Å². The number of hydrogen-bond donors (Lipinski definition) is 1. The molecule has 0 spiro atoms. The van der Waals surface area contributed by atoms with Crippen LogP contribution in [0.2, 0.25) is 10.0 Å². The third-order valence-electron chi connectivity index (χ3n) is 4.62. The highest BCUT2D eigenvalue weighted by Gasteiger charge is 2.12. The van der Waals surface area contributed by atoms with Crippen molar-refractivity contribution in [2.24, 2.45) is 0 Å². The number of para-hydroxylation sites is 1. The zero-order valence-corrected chi connectivity index (χ0v) is 17.7. The molecule has 0 amide bonds. The summed E-state index contributed by atoms with van der Waals surface area (Å²) in [5.74, 6) is -0.283. The molecule has 0 bridgehead atoms. The predicted octanol–water partition coefficient (Wildman–Crippen LogP) is 5.28. The number of halogens is 2. The highest BCUT2D eigenvalue weighted by Crippen LogP contribution is 2.24. The lowest BCUT2D eigenvalue weighted by Crippen LogP contribution is -2.24. The Hall–Kier alpha value is -3.02. The number of aromatic carboxylic acids is 1. The summed E-state index contributed by atoms with van der Waals surface area (Å²) >= 11 is 12.5. The van der Waals surface area contributed by atoms with Crippen LogP contribution in [-0.4, -0.2) is 22.8 Å². The van der Waals surface area contributed by atoms with Crippen LogP contribution < -0.4 is 10.3 Å². The van der Waals surface area contributed by atoms with Crippen LogP contribution in [0.5, 0.6) is 5.75 Å². The molecule has 7 heteroatoms. The molecular formula is C23H19Cl2NO4. The Morgan fingerprint density at radius 1 is 1.07 bits per heavy atom. The van der Waals surface area contributed by atoms with E-state index in [0.29, 0.717) is 29.4 Å². The van der Waals surface area contributed by atoms with Gasteiger partial charge in [-0.1, -0.05) is 53.5 Å². The fraction of sp³-hybridized carbons (Fsp3) is 0.130. The van der Waals surface area contributed by atoms with Gasteiger partial charge in [-0.05, 0) is 48.4 Å². The molecule has 0 aliphatic heterocycles. The summed E-state index contributed by atoms with van der Waals surface area (Å²) in [5, 5.41) is 9.41. The maximum atomic E-state index is 12.7. The van der Waals surface area contributed by atoms with Crippen molar-refractivity contribution in [2.45, 2.75) is 13.0 Å². The molecule has 0 aliphatic rings. The van der Waals surface area contributed by atoms with Gasteiger partial charge < -0.3 is 14.4 Å². The largest absolute Gasteiger partial charge is 0.496 e. The Bertz CT molecular complexity index is 1150. The van der Waals surface area contributed by atoms with Crippen LogP contribution in [0.1, 0.15) is 27.2 Å². The molecule has 0 atom stereocenters. The van der Waals surface area contributed by atoms with E-state index in [-0.39, 0.29) is 16.1 Å². The average Bonchev–Trinajstić information content (AvgIpc) is 2.75. The summed E-state index contributed by atoms with van der Waals surface area (Å²) in [7, 11) is 1.59. The fourth-order valence-corrected chi connectivity index (χ4v) is 3.57. The number of nitrogens with zero attached hydrogens (tertiary/aromatic N) is 1. The quantitative estimate of drug-likeness (QED) is 0.539. The first kappa shape index (κ1) is 21.7. The van der Waals surface area contributed by atoms with Crippen molar-refractivity contribution in [1.82, 2.24) is 4.57 Å². The van der Waals surface area contributed by atoms with Crippen LogP contribution in [0.3, 0.4) is 0 Å². The first-order valence-corrected chi connectivity index (χ1v) is 9.88. The minimum atomic E-state index is -0.983. The molecule has 1 heterocycles. The third kappa shape index (κ3) is 4.93. The second-order valence-electron chi connectivity index (χ2n) is 6.51. The second kappa shape index (κ2) is 9.65. The first-order valence-electron chi connectivity index (χ1n) is 9.13. The molecule has 0 fully saturated rings. The number of pyridine rings is 1. The summed E-state index contributed by atoms with van der Waals surface area (Å²) in [6.07, 6.45) is 4.09. The predicted molar refractivity (Wildman–Crippen MR) is 120 cm³/mol. The normalized spacial score (nSPS) is 11.0. The molecular weight excluding hydrogens is 425 g/mol. The van der Waals surface area contributed by atoms with Crippen LogP contribution in [0.15, 0.2) is 59.4 Å². The maximum Gasteiger partial charge on any atom is 0.335 e. The van der Waals surface area contributed by atoms with Crippen molar-refractivity contribution in [3.05, 3.63) is 97.4 Å². The topological polar surface area (TPSA) is 68.5 Å². The third-order valence-corrected chi connectivity index (χ3v) is 5.20. The number of carboxylic acid groups (broad SMARTS) is 1. The van der Waals surface area contributed by atoms with E-state index in [1.165, 1.54) is 22.8 Å². The van der Waals surface area contributed by atoms with Gasteiger partial charge in [-0.15, -0.1) is 0 Å². The molecule has 1 N–H and O–H groups in total. The number of ether oxygens (including phenoxy) is 1. The summed E-state index contributed by atoms with van der Waals surface area (Å²) < 4.78 is 6.87. The Balaban J connectivity index is 1.92. The molecule has 3 aromatic rings. The SMILES string of the molecule is COc1ccccc1/C=C/c1c(Cl)cc(Cl)c(=O)n1CCc1ccc(C(=O)O)cc1. The summed E-state index contributed by atoms with van der Waals surface area (Å²) in [5.41, 5.74) is 2.13. The van der Waals surface area contributed by atoms with E-state index in [1.54, 1.807) is 25.3 Å². The van der Waals surface area contributed by atoms with Gasteiger partial charge in [0.05, 0.1) is 23.4 Å². The summed E-state index contributed by atoms with van der Waals surface area (Å²) in [6.45, 7) is 0.330. The molecule has 0 radical (unpaired) electrons. The number of hydrogen-bond acceptors (Lipinski definition) is 3.